The molecule has 26 heavy (non-hydrogen) atoms. The quantitative estimate of drug-likeness (QED) is 0.802. The predicted octanol–water partition coefficient (Wildman–Crippen LogP) is 3.04. The molecule has 0 spiro atoms. The van der Waals surface area contributed by atoms with Gasteiger partial charge in [0.2, 0.25) is 0 Å². The van der Waals surface area contributed by atoms with Crippen LogP contribution in [-0.2, 0) is 19.4 Å². The van der Waals surface area contributed by atoms with E-state index >= 15 is 0 Å². The third-order valence-electron chi connectivity index (χ3n) is 5.05. The van der Waals surface area contributed by atoms with E-state index in [0.717, 1.165) is 37.5 Å². The van der Waals surface area contributed by atoms with Crippen molar-refractivity contribution < 1.29 is 4.79 Å². The van der Waals surface area contributed by atoms with Gasteiger partial charge < -0.3 is 15.2 Å². The predicted molar refractivity (Wildman–Crippen MR) is 102 cm³/mol. The van der Waals surface area contributed by atoms with Crippen LogP contribution in [0.4, 0.5) is 4.79 Å². The lowest BCUT2D eigenvalue weighted by atomic mass is 9.98. The maximum absolute atomic E-state index is 12.0. The second kappa shape index (κ2) is 9.36. The molecule has 1 aliphatic heterocycles. The van der Waals surface area contributed by atoms with Crippen LogP contribution in [0.3, 0.4) is 0 Å². The molecule has 6 nitrogen and oxygen atoms in total. The molecule has 6 heteroatoms. The van der Waals surface area contributed by atoms with E-state index in [9.17, 15) is 4.79 Å². The molecule has 0 radical (unpaired) electrons. The molecule has 2 aromatic rings. The van der Waals surface area contributed by atoms with E-state index in [1.807, 2.05) is 6.07 Å². The molecule has 0 saturated heterocycles. The number of nitrogens with zero attached hydrogens (tertiary/aromatic N) is 3. The molecule has 1 atom stereocenters. The van der Waals surface area contributed by atoms with E-state index in [1.54, 1.807) is 0 Å². The van der Waals surface area contributed by atoms with Gasteiger partial charge in [0.15, 0.2) is 0 Å². The van der Waals surface area contributed by atoms with Crippen molar-refractivity contribution in [2.45, 2.75) is 57.9 Å². The van der Waals surface area contributed by atoms with Crippen LogP contribution in [0.15, 0.2) is 30.3 Å². The normalized spacial score (nSPS) is 15.0. The van der Waals surface area contributed by atoms with Crippen LogP contribution in [0.5, 0.6) is 0 Å². The van der Waals surface area contributed by atoms with Gasteiger partial charge in [-0.3, -0.25) is 0 Å². The largest absolute Gasteiger partial charge is 0.338 e. The van der Waals surface area contributed by atoms with Crippen molar-refractivity contribution in [3.8, 4) is 0 Å². The molecule has 2 heterocycles. The van der Waals surface area contributed by atoms with Crippen LogP contribution in [0.25, 0.3) is 0 Å². The Morgan fingerprint density at radius 2 is 1.92 bits per heavy atom. The molecule has 0 unspecified atom stereocenters. The van der Waals surface area contributed by atoms with Gasteiger partial charge in [0.05, 0.1) is 0 Å². The average molecular weight is 355 g/mol. The first kappa shape index (κ1) is 18.4. The number of rotatable bonds is 7. The fraction of sp³-hybridized carbons (Fsp3) is 0.550. The molecule has 1 aromatic heterocycles. The van der Waals surface area contributed by atoms with Crippen molar-refractivity contribution in [1.82, 2.24) is 25.4 Å². The van der Waals surface area contributed by atoms with Gasteiger partial charge in [-0.05, 0) is 30.7 Å². The Bertz CT molecular complexity index is 697. The number of fused-ring (bicyclic) bond motifs is 1. The summed E-state index contributed by atoms with van der Waals surface area (Å²) in [5, 5.41) is 14.5. The highest BCUT2D eigenvalue weighted by atomic mass is 16.2. The van der Waals surface area contributed by atoms with E-state index in [2.05, 4.69) is 56.6 Å². The number of carbonyl (C=O) groups excluding carboxylic acids is 1. The SMILES string of the molecule is C[C@@H](CCNC(=O)NCCc1nnc2n1CCCCC2)c1ccccc1. The maximum atomic E-state index is 12.0. The van der Waals surface area contributed by atoms with Crippen LogP contribution < -0.4 is 10.6 Å². The molecule has 140 valence electrons. The first-order valence-electron chi connectivity index (χ1n) is 9.71. The Morgan fingerprint density at radius 3 is 2.77 bits per heavy atom. The molecular weight excluding hydrogens is 326 g/mol. The van der Waals surface area contributed by atoms with Gasteiger partial charge in [-0.15, -0.1) is 10.2 Å². The highest BCUT2D eigenvalue weighted by molar-refractivity contribution is 5.73. The Balaban J connectivity index is 1.35. The van der Waals surface area contributed by atoms with Crippen LogP contribution >= 0.6 is 0 Å². The average Bonchev–Trinajstić information content (AvgIpc) is 2.89. The second-order valence-electron chi connectivity index (χ2n) is 7.03. The summed E-state index contributed by atoms with van der Waals surface area (Å²) in [5.41, 5.74) is 1.31. The third kappa shape index (κ3) is 5.07. The van der Waals surface area contributed by atoms with Crippen LogP contribution in [0, 0.1) is 0 Å². The van der Waals surface area contributed by atoms with Crippen molar-refractivity contribution in [2.75, 3.05) is 13.1 Å². The van der Waals surface area contributed by atoms with Crippen molar-refractivity contribution in [3.63, 3.8) is 0 Å². The summed E-state index contributed by atoms with van der Waals surface area (Å²) in [6.45, 7) is 4.44. The van der Waals surface area contributed by atoms with Crippen LogP contribution in [-0.4, -0.2) is 33.9 Å². The third-order valence-corrected chi connectivity index (χ3v) is 5.05. The summed E-state index contributed by atoms with van der Waals surface area (Å²) in [6, 6.07) is 10.3. The highest BCUT2D eigenvalue weighted by Crippen LogP contribution is 2.17. The van der Waals surface area contributed by atoms with Crippen LogP contribution in [0.1, 0.15) is 55.7 Å². The van der Waals surface area contributed by atoms with Crippen molar-refractivity contribution >= 4 is 6.03 Å². The summed E-state index contributed by atoms with van der Waals surface area (Å²) < 4.78 is 2.23. The first-order chi connectivity index (χ1) is 12.7. The molecular formula is C20H29N5O. The second-order valence-corrected chi connectivity index (χ2v) is 7.03. The minimum absolute atomic E-state index is 0.110. The topological polar surface area (TPSA) is 71.8 Å². The molecule has 1 aromatic carbocycles. The van der Waals surface area contributed by atoms with Crippen LogP contribution in [0.2, 0.25) is 0 Å². The Kier molecular flexibility index (Phi) is 6.63. The molecule has 2 N–H and O–H groups in total. The number of amides is 2. The molecule has 2 amide bonds. The van der Waals surface area contributed by atoms with Gasteiger partial charge in [-0.2, -0.15) is 0 Å². The van der Waals surface area contributed by atoms with Crippen molar-refractivity contribution in [3.05, 3.63) is 47.5 Å². The molecule has 0 aliphatic carbocycles. The van der Waals surface area contributed by atoms with Gasteiger partial charge in [-0.1, -0.05) is 43.7 Å². The van der Waals surface area contributed by atoms with Crippen molar-refractivity contribution in [2.24, 2.45) is 0 Å². The van der Waals surface area contributed by atoms with E-state index in [-0.39, 0.29) is 6.03 Å². The summed E-state index contributed by atoms with van der Waals surface area (Å²) in [4.78, 5) is 12.0. The van der Waals surface area contributed by atoms with E-state index in [4.69, 9.17) is 0 Å². The lowest BCUT2D eigenvalue weighted by molar-refractivity contribution is 0.240. The minimum Gasteiger partial charge on any atom is -0.338 e. The van der Waals surface area contributed by atoms with Crippen molar-refractivity contribution in [1.29, 1.82) is 0 Å². The molecule has 0 bridgehead atoms. The standard InChI is InChI=1S/C20H29N5O/c1-16(17-8-4-2-5-9-17)11-13-21-20(26)22-14-12-19-24-23-18-10-6-3-7-15-25(18)19/h2,4-5,8-9,16H,3,6-7,10-15H2,1H3,(H2,21,22,26)/t16-/m0/s1. The van der Waals surface area contributed by atoms with E-state index < -0.39 is 0 Å². The fourth-order valence-electron chi connectivity index (χ4n) is 3.43. The monoisotopic (exact) mass is 355 g/mol. The molecule has 1 aliphatic rings. The number of urea groups is 1. The summed E-state index contributed by atoms with van der Waals surface area (Å²) >= 11 is 0. The zero-order valence-corrected chi connectivity index (χ0v) is 15.6. The molecule has 0 fully saturated rings. The first-order valence-corrected chi connectivity index (χ1v) is 9.71. The van der Waals surface area contributed by atoms with Gasteiger partial charge in [-0.25, -0.2) is 4.79 Å². The Labute approximate surface area is 155 Å². The number of aromatic nitrogens is 3. The summed E-state index contributed by atoms with van der Waals surface area (Å²) in [5.74, 6) is 2.51. The number of benzene rings is 1. The zero-order chi connectivity index (χ0) is 18.2. The minimum atomic E-state index is -0.110. The smallest absolute Gasteiger partial charge is 0.314 e. The number of carbonyl (C=O) groups is 1. The summed E-state index contributed by atoms with van der Waals surface area (Å²) in [7, 11) is 0. The Hall–Kier alpha value is -2.37. The molecule has 3 rings (SSSR count). The number of nitrogens with one attached hydrogen (secondary N) is 2. The number of hydrogen-bond acceptors (Lipinski definition) is 3. The van der Waals surface area contributed by atoms with Gasteiger partial charge in [0, 0.05) is 32.5 Å². The Morgan fingerprint density at radius 1 is 1.12 bits per heavy atom. The number of hydrogen-bond donors (Lipinski definition) is 2. The highest BCUT2D eigenvalue weighted by Gasteiger charge is 2.14. The van der Waals surface area contributed by atoms with Gasteiger partial charge in [0.25, 0.3) is 0 Å². The number of aryl methyl sites for hydroxylation is 1. The van der Waals surface area contributed by atoms with E-state index in [1.165, 1.54) is 24.8 Å². The lowest BCUT2D eigenvalue weighted by Gasteiger charge is -2.13. The van der Waals surface area contributed by atoms with E-state index in [0.29, 0.717) is 19.0 Å². The fourth-order valence-corrected chi connectivity index (χ4v) is 3.43. The zero-order valence-electron chi connectivity index (χ0n) is 15.6. The maximum Gasteiger partial charge on any atom is 0.314 e. The molecule has 0 saturated carbocycles. The summed E-state index contributed by atoms with van der Waals surface area (Å²) in [6.07, 6.45) is 6.30. The van der Waals surface area contributed by atoms with Gasteiger partial charge in [0.1, 0.15) is 11.6 Å². The lowest BCUT2D eigenvalue weighted by Crippen LogP contribution is -2.37. The van der Waals surface area contributed by atoms with Gasteiger partial charge >= 0.3 is 6.03 Å².